The zero-order valence-electron chi connectivity index (χ0n) is 12.6. The number of nitrogens with one attached hydrogen (secondary N) is 2. The van der Waals surface area contributed by atoms with E-state index in [1.807, 2.05) is 25.2 Å². The highest BCUT2D eigenvalue weighted by Gasteiger charge is 2.27. The second kappa shape index (κ2) is 9.14. The fraction of sp³-hybridized carbons (Fsp3) is 0.235. The number of allylic oxidation sites excluding steroid dienone is 5. The lowest BCUT2D eigenvalue weighted by atomic mass is 10.1. The van der Waals surface area contributed by atoms with Crippen LogP contribution in [0.4, 0.5) is 4.79 Å². The largest absolute Gasteiger partial charge is 0.326 e. The fourth-order valence-electron chi connectivity index (χ4n) is 1.70. The molecule has 1 rings (SSSR count). The van der Waals surface area contributed by atoms with Gasteiger partial charge in [-0.3, -0.25) is 15.1 Å². The predicted molar refractivity (Wildman–Crippen MR) is 88.2 cm³/mol. The Hall–Kier alpha value is -2.87. The summed E-state index contributed by atoms with van der Waals surface area (Å²) in [5.74, 6) is 5.69. The molecular formula is C17H19N3O2. The van der Waals surface area contributed by atoms with Crippen LogP contribution >= 0.6 is 0 Å². The van der Waals surface area contributed by atoms with Crippen molar-refractivity contribution < 1.29 is 9.59 Å². The van der Waals surface area contributed by atoms with Gasteiger partial charge in [-0.05, 0) is 26.5 Å². The maximum absolute atomic E-state index is 11.3. The van der Waals surface area contributed by atoms with Crippen LogP contribution in [0.3, 0.4) is 0 Å². The molecule has 1 fully saturated rings. The van der Waals surface area contributed by atoms with E-state index in [2.05, 4.69) is 40.8 Å². The maximum Gasteiger partial charge on any atom is 0.322 e. The topological polar surface area (TPSA) is 70.6 Å². The summed E-state index contributed by atoms with van der Waals surface area (Å²) >= 11 is 0. The summed E-state index contributed by atoms with van der Waals surface area (Å²) in [6.07, 6.45) is 9.97. The first-order valence-electron chi connectivity index (χ1n) is 6.82. The van der Waals surface area contributed by atoms with Crippen LogP contribution < -0.4 is 10.6 Å². The Balaban J connectivity index is 2.53. The quantitative estimate of drug-likeness (QED) is 0.259. The Morgan fingerprint density at radius 1 is 1.36 bits per heavy atom. The summed E-state index contributed by atoms with van der Waals surface area (Å²) in [6, 6.07) is -0.930. The van der Waals surface area contributed by atoms with Gasteiger partial charge in [0.2, 0.25) is 0 Å². The summed E-state index contributed by atoms with van der Waals surface area (Å²) in [5.41, 5.74) is 1.64. The molecule has 22 heavy (non-hydrogen) atoms. The third-order valence-electron chi connectivity index (χ3n) is 2.90. The molecule has 0 spiro atoms. The predicted octanol–water partition coefficient (Wildman–Crippen LogP) is 2.25. The van der Waals surface area contributed by atoms with E-state index in [1.54, 1.807) is 12.3 Å². The van der Waals surface area contributed by atoms with Crippen molar-refractivity contribution in [3.8, 4) is 11.8 Å². The number of carbonyl (C=O) groups is 2. The number of carbonyl (C=O) groups excluding carboxylic acids is 2. The first-order valence-corrected chi connectivity index (χ1v) is 6.82. The molecule has 1 aliphatic rings. The number of aliphatic imine (C=N–C) groups is 1. The lowest BCUT2D eigenvalue weighted by Crippen LogP contribution is -2.27. The fourth-order valence-corrected chi connectivity index (χ4v) is 1.70. The van der Waals surface area contributed by atoms with Crippen LogP contribution in [0.2, 0.25) is 0 Å². The summed E-state index contributed by atoms with van der Waals surface area (Å²) in [7, 11) is 0. The zero-order valence-corrected chi connectivity index (χ0v) is 12.6. The third kappa shape index (κ3) is 5.63. The second-order valence-electron chi connectivity index (χ2n) is 4.46. The van der Waals surface area contributed by atoms with Crippen LogP contribution in [0.1, 0.15) is 19.8 Å². The van der Waals surface area contributed by atoms with Crippen molar-refractivity contribution in [1.29, 1.82) is 0 Å². The Bertz CT molecular complexity index is 616. The van der Waals surface area contributed by atoms with Gasteiger partial charge in [0.25, 0.3) is 5.91 Å². The van der Waals surface area contributed by atoms with Gasteiger partial charge >= 0.3 is 6.03 Å². The van der Waals surface area contributed by atoms with Crippen molar-refractivity contribution in [3.63, 3.8) is 0 Å². The monoisotopic (exact) mass is 297 g/mol. The molecule has 1 heterocycles. The van der Waals surface area contributed by atoms with E-state index in [0.29, 0.717) is 18.4 Å². The normalized spacial score (nSPS) is 18.5. The first kappa shape index (κ1) is 17.2. The summed E-state index contributed by atoms with van der Waals surface area (Å²) in [6.45, 7) is 8.94. The molecule has 5 nitrogen and oxygen atoms in total. The van der Waals surface area contributed by atoms with Crippen LogP contribution in [0.25, 0.3) is 0 Å². The van der Waals surface area contributed by atoms with Crippen molar-refractivity contribution in [2.45, 2.75) is 25.8 Å². The van der Waals surface area contributed by atoms with Gasteiger partial charge in [0, 0.05) is 17.3 Å². The average Bonchev–Trinajstić information content (AvgIpc) is 2.83. The molecule has 0 aromatic rings. The minimum absolute atomic E-state index is 0.293. The number of hydrogen-bond donors (Lipinski definition) is 2. The minimum atomic E-state index is -0.488. The highest BCUT2D eigenvalue weighted by molar-refractivity contribution is 6.04. The maximum atomic E-state index is 11.3. The highest BCUT2D eigenvalue weighted by atomic mass is 16.2. The van der Waals surface area contributed by atoms with Gasteiger partial charge in [0.1, 0.15) is 6.04 Å². The Labute approximate surface area is 130 Å². The van der Waals surface area contributed by atoms with E-state index in [-0.39, 0.29) is 5.91 Å². The van der Waals surface area contributed by atoms with Gasteiger partial charge in [-0.15, -0.1) is 0 Å². The van der Waals surface area contributed by atoms with E-state index in [4.69, 9.17) is 0 Å². The highest BCUT2D eigenvalue weighted by Crippen LogP contribution is 2.05. The molecule has 0 aromatic heterocycles. The molecule has 2 N–H and O–H groups in total. The Morgan fingerprint density at radius 3 is 2.68 bits per heavy atom. The van der Waals surface area contributed by atoms with E-state index in [0.717, 1.165) is 5.57 Å². The molecule has 0 radical (unpaired) electrons. The molecule has 0 aromatic carbocycles. The number of urea groups is 1. The van der Waals surface area contributed by atoms with Crippen molar-refractivity contribution in [1.82, 2.24) is 10.6 Å². The van der Waals surface area contributed by atoms with Crippen molar-refractivity contribution in [2.75, 3.05) is 0 Å². The summed E-state index contributed by atoms with van der Waals surface area (Å²) in [5, 5.41) is 4.73. The second-order valence-corrected chi connectivity index (χ2v) is 4.46. The Morgan fingerprint density at radius 2 is 2.14 bits per heavy atom. The van der Waals surface area contributed by atoms with Gasteiger partial charge in [0.15, 0.2) is 0 Å². The standard InChI is InChI=1S/C17H19N3O2/c1-4-13(10-11-14(5-2)12-18-3)8-6-7-9-15-16(21)20-17(22)19-15/h4-7,12,15H,2-3,8-9H2,1H3,(H2,19,20,21,22)/b7-6-,13-4+,14-12+. The molecule has 0 saturated carbocycles. The molecule has 1 aliphatic heterocycles. The molecule has 1 atom stereocenters. The molecule has 114 valence electrons. The molecule has 1 unspecified atom stereocenters. The van der Waals surface area contributed by atoms with Crippen LogP contribution in [0.5, 0.6) is 0 Å². The molecule has 0 aliphatic carbocycles. The number of imide groups is 1. The zero-order chi connectivity index (χ0) is 16.4. The molecule has 3 amide bonds. The van der Waals surface area contributed by atoms with Crippen LogP contribution in [-0.4, -0.2) is 24.7 Å². The SMILES string of the molecule is C=C/C(C#C/C(=C/C)C/C=C\CC1NC(=O)NC1=O)=C\N=C. The summed E-state index contributed by atoms with van der Waals surface area (Å²) < 4.78 is 0. The van der Waals surface area contributed by atoms with Gasteiger partial charge in [0.05, 0.1) is 0 Å². The molecular weight excluding hydrogens is 278 g/mol. The first-order chi connectivity index (χ1) is 10.6. The van der Waals surface area contributed by atoms with Gasteiger partial charge in [-0.25, -0.2) is 4.79 Å². The molecule has 0 bridgehead atoms. The minimum Gasteiger partial charge on any atom is -0.326 e. The molecule has 1 saturated heterocycles. The smallest absolute Gasteiger partial charge is 0.322 e. The van der Waals surface area contributed by atoms with E-state index in [1.165, 1.54) is 0 Å². The van der Waals surface area contributed by atoms with Crippen LogP contribution in [-0.2, 0) is 4.79 Å². The lowest BCUT2D eigenvalue weighted by molar-refractivity contribution is -0.120. The number of hydrogen-bond acceptors (Lipinski definition) is 3. The Kier molecular flexibility index (Phi) is 7.14. The number of nitrogens with zero attached hydrogens (tertiary/aromatic N) is 1. The third-order valence-corrected chi connectivity index (χ3v) is 2.90. The summed E-state index contributed by atoms with van der Waals surface area (Å²) in [4.78, 5) is 26.0. The lowest BCUT2D eigenvalue weighted by Gasteiger charge is -2.01. The number of rotatable bonds is 6. The van der Waals surface area contributed by atoms with Crippen LogP contribution in [0, 0.1) is 11.8 Å². The van der Waals surface area contributed by atoms with E-state index >= 15 is 0 Å². The van der Waals surface area contributed by atoms with Crippen LogP contribution in [0.15, 0.2) is 53.2 Å². The average molecular weight is 297 g/mol. The van der Waals surface area contributed by atoms with Crippen molar-refractivity contribution >= 4 is 18.7 Å². The van der Waals surface area contributed by atoms with Crippen molar-refractivity contribution in [2.24, 2.45) is 4.99 Å². The van der Waals surface area contributed by atoms with E-state index in [9.17, 15) is 9.59 Å². The van der Waals surface area contributed by atoms with Gasteiger partial charge in [-0.1, -0.05) is 42.7 Å². The number of amides is 3. The molecule has 5 heteroatoms. The van der Waals surface area contributed by atoms with E-state index < -0.39 is 12.1 Å². The van der Waals surface area contributed by atoms with Gasteiger partial charge in [-0.2, -0.15) is 0 Å². The van der Waals surface area contributed by atoms with Gasteiger partial charge < -0.3 is 5.32 Å². The van der Waals surface area contributed by atoms with Crippen molar-refractivity contribution in [3.05, 3.63) is 48.2 Å².